The molecule has 3 N–H and O–H groups in total. The van der Waals surface area contributed by atoms with Crippen molar-refractivity contribution in [2.75, 3.05) is 38.2 Å². The van der Waals surface area contributed by atoms with E-state index in [2.05, 4.69) is 5.32 Å². The van der Waals surface area contributed by atoms with Gasteiger partial charge in [0.2, 0.25) is 5.91 Å². The zero-order valence-electron chi connectivity index (χ0n) is 7.29. The van der Waals surface area contributed by atoms with E-state index in [0.717, 1.165) is 18.8 Å². The number of aliphatic hydroxyl groups is 2. The van der Waals surface area contributed by atoms with Gasteiger partial charge in [-0.15, -0.1) is 0 Å². The second kappa shape index (κ2) is 4.43. The van der Waals surface area contributed by atoms with Crippen LogP contribution in [0.15, 0.2) is 0 Å². The molecule has 1 fully saturated rings. The van der Waals surface area contributed by atoms with Gasteiger partial charge in [-0.2, -0.15) is 11.8 Å². The first-order chi connectivity index (χ1) is 5.67. The second-order valence-electron chi connectivity index (χ2n) is 2.92. The fraction of sp³-hybridized carbons (Fsp3) is 1.00. The number of rotatable bonds is 3. The Balaban J connectivity index is 2.37. The van der Waals surface area contributed by atoms with E-state index in [4.69, 9.17) is 0 Å². The van der Waals surface area contributed by atoms with Gasteiger partial charge in [0.25, 0.3) is 0 Å². The molecule has 0 saturated carbocycles. The summed E-state index contributed by atoms with van der Waals surface area (Å²) in [5.74, 6) is -0.233. The highest BCUT2D eigenvalue weighted by Gasteiger charge is 2.34. The summed E-state index contributed by atoms with van der Waals surface area (Å²) in [5.41, 5.74) is 0. The van der Waals surface area contributed by atoms with Crippen LogP contribution in [0, 0.1) is 0 Å². The molecule has 0 bridgehead atoms. The third kappa shape index (κ3) is 2.60. The molecule has 1 aliphatic heterocycles. The molecule has 1 aliphatic rings. The fourth-order valence-corrected chi connectivity index (χ4v) is 2.14. The maximum atomic E-state index is 9.49. The molecule has 0 aromatic carbocycles. The molecule has 5 heteroatoms. The smallest absolute Gasteiger partial charge is 0.234 e. The predicted molar refractivity (Wildman–Crippen MR) is 50.0 cm³/mol. The van der Waals surface area contributed by atoms with Crippen LogP contribution in [0.5, 0.6) is 0 Å². The summed E-state index contributed by atoms with van der Waals surface area (Å²) in [6.07, 6.45) is 0. The van der Waals surface area contributed by atoms with Crippen LogP contribution in [0.25, 0.3) is 0 Å². The molecule has 72 valence electrons. The SMILES string of the molecule is CNCCN1CCSCC1(O)O. The Bertz CT molecular complexity index is 143. The highest BCUT2D eigenvalue weighted by molar-refractivity contribution is 7.99. The highest BCUT2D eigenvalue weighted by Crippen LogP contribution is 2.21. The largest absolute Gasteiger partial charge is 0.353 e. The number of likely N-dealkylation sites (N-methyl/N-ethyl adjacent to an activating group) is 1. The third-order valence-corrected chi connectivity index (χ3v) is 3.00. The van der Waals surface area contributed by atoms with Crippen molar-refractivity contribution in [3.63, 3.8) is 0 Å². The van der Waals surface area contributed by atoms with Crippen molar-refractivity contribution in [1.29, 1.82) is 0 Å². The lowest BCUT2D eigenvalue weighted by Crippen LogP contribution is -2.55. The minimum atomic E-state index is -1.60. The van der Waals surface area contributed by atoms with Crippen LogP contribution < -0.4 is 5.32 Å². The van der Waals surface area contributed by atoms with Gasteiger partial charge in [-0.05, 0) is 7.05 Å². The van der Waals surface area contributed by atoms with Gasteiger partial charge in [-0.25, -0.2) is 4.90 Å². The summed E-state index contributed by atoms with van der Waals surface area (Å²) in [6, 6.07) is 0. The second-order valence-corrected chi connectivity index (χ2v) is 4.02. The van der Waals surface area contributed by atoms with Crippen molar-refractivity contribution < 1.29 is 10.2 Å². The summed E-state index contributed by atoms with van der Waals surface area (Å²) in [4.78, 5) is 1.69. The van der Waals surface area contributed by atoms with Crippen molar-refractivity contribution in [2.24, 2.45) is 0 Å². The molecule has 0 radical (unpaired) electrons. The molecule has 0 spiro atoms. The number of hydrogen-bond donors (Lipinski definition) is 3. The maximum absolute atomic E-state index is 9.49. The first-order valence-corrected chi connectivity index (χ1v) is 5.24. The van der Waals surface area contributed by atoms with Crippen LogP contribution >= 0.6 is 11.8 Å². The van der Waals surface area contributed by atoms with Gasteiger partial charge < -0.3 is 15.5 Å². The average molecular weight is 192 g/mol. The molecule has 0 aliphatic carbocycles. The van der Waals surface area contributed by atoms with Crippen LogP contribution in [0.4, 0.5) is 0 Å². The molecule has 0 aromatic heterocycles. The molecule has 0 amide bonds. The van der Waals surface area contributed by atoms with E-state index in [1.54, 1.807) is 16.7 Å². The first kappa shape index (κ1) is 10.3. The van der Waals surface area contributed by atoms with Gasteiger partial charge in [0, 0.05) is 25.4 Å². The zero-order valence-corrected chi connectivity index (χ0v) is 8.10. The lowest BCUT2D eigenvalue weighted by Gasteiger charge is -2.38. The molecule has 4 nitrogen and oxygen atoms in total. The van der Waals surface area contributed by atoms with E-state index in [9.17, 15) is 10.2 Å². The quantitative estimate of drug-likeness (QED) is 0.495. The minimum absolute atomic E-state index is 0.386. The van der Waals surface area contributed by atoms with E-state index in [1.807, 2.05) is 7.05 Å². The first-order valence-electron chi connectivity index (χ1n) is 4.09. The van der Waals surface area contributed by atoms with Crippen LogP contribution in [0.2, 0.25) is 0 Å². The van der Waals surface area contributed by atoms with Crippen molar-refractivity contribution in [3.8, 4) is 0 Å². The van der Waals surface area contributed by atoms with Gasteiger partial charge in [0.1, 0.15) is 0 Å². The number of thioether (sulfide) groups is 1. The molecule has 1 heterocycles. The van der Waals surface area contributed by atoms with Crippen LogP contribution in [0.3, 0.4) is 0 Å². The monoisotopic (exact) mass is 192 g/mol. The zero-order chi connectivity index (χ0) is 9.03. The molecule has 12 heavy (non-hydrogen) atoms. The summed E-state index contributed by atoms with van der Waals surface area (Å²) < 4.78 is 0. The van der Waals surface area contributed by atoms with Crippen LogP contribution in [-0.4, -0.2) is 59.2 Å². The minimum Gasteiger partial charge on any atom is -0.353 e. The average Bonchev–Trinajstić information content (AvgIpc) is 2.02. The van der Waals surface area contributed by atoms with E-state index >= 15 is 0 Å². The predicted octanol–water partition coefficient (Wildman–Crippen LogP) is -1.11. The Morgan fingerprint density at radius 3 is 2.92 bits per heavy atom. The topological polar surface area (TPSA) is 55.7 Å². The fourth-order valence-electron chi connectivity index (χ4n) is 1.19. The van der Waals surface area contributed by atoms with Crippen molar-refractivity contribution in [2.45, 2.75) is 5.91 Å². The number of hydrogen-bond acceptors (Lipinski definition) is 5. The Morgan fingerprint density at radius 1 is 1.58 bits per heavy atom. The highest BCUT2D eigenvalue weighted by atomic mass is 32.2. The van der Waals surface area contributed by atoms with Crippen molar-refractivity contribution in [1.82, 2.24) is 10.2 Å². The Labute approximate surface area is 76.9 Å². The van der Waals surface area contributed by atoms with E-state index in [0.29, 0.717) is 12.3 Å². The van der Waals surface area contributed by atoms with E-state index < -0.39 is 5.91 Å². The summed E-state index contributed by atoms with van der Waals surface area (Å²) in [5, 5.41) is 22.0. The lowest BCUT2D eigenvalue weighted by molar-refractivity contribution is -0.246. The molecule has 1 saturated heterocycles. The number of nitrogens with one attached hydrogen (secondary N) is 1. The molecule has 0 aromatic rings. The van der Waals surface area contributed by atoms with Crippen molar-refractivity contribution >= 4 is 11.8 Å². The standard InChI is InChI=1S/C7H16N2O2S/c1-8-2-3-9-4-5-12-6-7(9,10)11/h8,10-11H,2-6H2,1H3. The molecular weight excluding hydrogens is 176 g/mol. The van der Waals surface area contributed by atoms with Gasteiger partial charge >= 0.3 is 0 Å². The summed E-state index contributed by atoms with van der Waals surface area (Å²) >= 11 is 1.58. The Morgan fingerprint density at radius 2 is 2.33 bits per heavy atom. The van der Waals surface area contributed by atoms with Gasteiger partial charge in [-0.3, -0.25) is 0 Å². The molecule has 0 atom stereocenters. The van der Waals surface area contributed by atoms with Gasteiger partial charge in [0.05, 0.1) is 5.75 Å². The summed E-state index contributed by atoms with van der Waals surface area (Å²) in [7, 11) is 1.86. The van der Waals surface area contributed by atoms with Crippen LogP contribution in [-0.2, 0) is 0 Å². The Hall–Kier alpha value is 0.190. The molecule has 1 rings (SSSR count). The Kier molecular flexibility index (Phi) is 3.79. The van der Waals surface area contributed by atoms with E-state index in [1.165, 1.54) is 0 Å². The van der Waals surface area contributed by atoms with Crippen LogP contribution in [0.1, 0.15) is 0 Å². The maximum Gasteiger partial charge on any atom is 0.234 e. The van der Waals surface area contributed by atoms with E-state index in [-0.39, 0.29) is 0 Å². The normalized spacial score (nSPS) is 24.2. The van der Waals surface area contributed by atoms with Crippen molar-refractivity contribution in [3.05, 3.63) is 0 Å². The third-order valence-electron chi connectivity index (χ3n) is 1.94. The van der Waals surface area contributed by atoms with Gasteiger partial charge in [-0.1, -0.05) is 0 Å². The molecule has 0 unspecified atom stereocenters. The van der Waals surface area contributed by atoms with Gasteiger partial charge in [0.15, 0.2) is 0 Å². The molecular formula is C7H16N2O2S. The number of nitrogens with zero attached hydrogens (tertiary/aromatic N) is 1. The summed E-state index contributed by atoms with van der Waals surface area (Å²) in [6.45, 7) is 2.22. The lowest BCUT2D eigenvalue weighted by atomic mass is 10.4.